The van der Waals surface area contributed by atoms with Gasteiger partial charge in [0.1, 0.15) is 0 Å². The van der Waals surface area contributed by atoms with E-state index in [2.05, 4.69) is 43.4 Å². The highest BCUT2D eigenvalue weighted by molar-refractivity contribution is 6.21. The Labute approximate surface area is 115 Å². The summed E-state index contributed by atoms with van der Waals surface area (Å²) in [5.41, 5.74) is 2.64. The number of rotatable bonds is 4. The Bertz CT molecular complexity index is 403. The fourth-order valence-corrected chi connectivity index (χ4v) is 2.22. The van der Waals surface area contributed by atoms with Crippen molar-refractivity contribution in [2.45, 2.75) is 44.2 Å². The van der Waals surface area contributed by atoms with Crippen molar-refractivity contribution in [2.24, 2.45) is 0 Å². The van der Waals surface area contributed by atoms with Crippen LogP contribution in [0.15, 0.2) is 24.3 Å². The first-order chi connectivity index (χ1) is 8.50. The summed E-state index contributed by atoms with van der Waals surface area (Å²) in [6, 6.07) is 8.54. The van der Waals surface area contributed by atoms with Gasteiger partial charge in [-0.2, -0.15) is 0 Å². The highest BCUT2D eigenvalue weighted by atomic mass is 35.5. The monoisotopic (exact) mass is 267 g/mol. The van der Waals surface area contributed by atoms with Gasteiger partial charge in [0.05, 0.1) is 12.7 Å². The van der Waals surface area contributed by atoms with E-state index in [0.717, 1.165) is 19.6 Å². The van der Waals surface area contributed by atoms with Crippen LogP contribution in [0.3, 0.4) is 0 Å². The molecule has 3 heteroatoms. The molecule has 0 saturated heterocycles. The quantitative estimate of drug-likeness (QED) is 0.846. The minimum absolute atomic E-state index is 0.0799. The van der Waals surface area contributed by atoms with Crippen molar-refractivity contribution < 1.29 is 4.74 Å². The summed E-state index contributed by atoms with van der Waals surface area (Å²) in [6.07, 6.45) is 1.16. The highest BCUT2D eigenvalue weighted by Gasteiger charge is 2.27. The van der Waals surface area contributed by atoms with Gasteiger partial charge in [-0.25, -0.2) is 0 Å². The van der Waals surface area contributed by atoms with Crippen molar-refractivity contribution >= 4 is 11.6 Å². The third-order valence-corrected chi connectivity index (χ3v) is 4.38. The smallest absolute Gasteiger partial charge is 0.0952 e. The molecular weight excluding hydrogens is 246 g/mol. The minimum Gasteiger partial charge on any atom is -0.372 e. The standard InChI is InChI=1S/C15H22ClNO/c1-11(16)15(2,3)17-10-14-13-7-5-4-6-12(13)8-9-18-14/h4-7,11,14,17H,8-10H2,1-3H3. The van der Waals surface area contributed by atoms with Crippen molar-refractivity contribution in [1.29, 1.82) is 0 Å². The lowest BCUT2D eigenvalue weighted by molar-refractivity contribution is 0.0378. The van der Waals surface area contributed by atoms with Gasteiger partial charge in [0.15, 0.2) is 0 Å². The summed E-state index contributed by atoms with van der Waals surface area (Å²) in [5, 5.41) is 3.59. The largest absolute Gasteiger partial charge is 0.372 e. The predicted octanol–water partition coefficient (Wildman–Crippen LogP) is 3.30. The molecule has 0 fully saturated rings. The molecule has 2 nitrogen and oxygen atoms in total. The Balaban J connectivity index is 2.04. The summed E-state index contributed by atoms with van der Waals surface area (Å²) >= 11 is 6.18. The van der Waals surface area contributed by atoms with E-state index in [1.807, 2.05) is 6.92 Å². The number of halogens is 1. The second-order valence-electron chi connectivity index (χ2n) is 5.53. The summed E-state index contributed by atoms with van der Waals surface area (Å²) in [5.74, 6) is 0. The van der Waals surface area contributed by atoms with E-state index >= 15 is 0 Å². The average Bonchev–Trinajstić information content (AvgIpc) is 2.36. The molecule has 0 amide bonds. The zero-order valence-corrected chi connectivity index (χ0v) is 12.1. The van der Waals surface area contributed by atoms with Crippen molar-refractivity contribution in [3.63, 3.8) is 0 Å². The molecule has 1 aromatic carbocycles. The Hall–Kier alpha value is -0.570. The number of hydrogen-bond donors (Lipinski definition) is 1. The Morgan fingerprint density at radius 1 is 1.44 bits per heavy atom. The SMILES string of the molecule is CC(Cl)C(C)(C)NCC1OCCc2ccccc21. The zero-order valence-electron chi connectivity index (χ0n) is 11.4. The number of hydrogen-bond acceptors (Lipinski definition) is 2. The van der Waals surface area contributed by atoms with Crippen LogP contribution in [0.25, 0.3) is 0 Å². The van der Waals surface area contributed by atoms with Gasteiger partial charge in [0, 0.05) is 17.5 Å². The normalized spacial score (nSPS) is 21.4. The topological polar surface area (TPSA) is 21.3 Å². The molecule has 0 aromatic heterocycles. The summed E-state index contributed by atoms with van der Waals surface area (Å²) in [6.45, 7) is 7.88. The molecule has 2 unspecified atom stereocenters. The van der Waals surface area contributed by atoms with E-state index in [-0.39, 0.29) is 17.0 Å². The van der Waals surface area contributed by atoms with E-state index in [1.165, 1.54) is 11.1 Å². The van der Waals surface area contributed by atoms with Gasteiger partial charge in [-0.05, 0) is 38.3 Å². The van der Waals surface area contributed by atoms with Gasteiger partial charge < -0.3 is 10.1 Å². The maximum Gasteiger partial charge on any atom is 0.0952 e. The maximum absolute atomic E-state index is 6.18. The van der Waals surface area contributed by atoms with Gasteiger partial charge in [-0.15, -0.1) is 11.6 Å². The van der Waals surface area contributed by atoms with Crippen LogP contribution in [0, 0.1) is 0 Å². The van der Waals surface area contributed by atoms with Gasteiger partial charge in [-0.1, -0.05) is 24.3 Å². The molecule has 0 saturated carbocycles. The number of benzene rings is 1. The molecule has 2 rings (SSSR count). The Morgan fingerprint density at radius 3 is 2.89 bits per heavy atom. The van der Waals surface area contributed by atoms with Crippen LogP contribution in [-0.2, 0) is 11.2 Å². The second-order valence-corrected chi connectivity index (χ2v) is 6.18. The first-order valence-electron chi connectivity index (χ1n) is 6.59. The molecular formula is C15H22ClNO. The number of nitrogens with one attached hydrogen (secondary N) is 1. The summed E-state index contributed by atoms with van der Waals surface area (Å²) < 4.78 is 5.87. The molecule has 0 bridgehead atoms. The Morgan fingerprint density at radius 2 is 2.17 bits per heavy atom. The lowest BCUT2D eigenvalue weighted by Gasteiger charge is -2.33. The van der Waals surface area contributed by atoms with Crippen molar-refractivity contribution in [2.75, 3.05) is 13.2 Å². The van der Waals surface area contributed by atoms with Crippen LogP contribution in [0.5, 0.6) is 0 Å². The van der Waals surface area contributed by atoms with Gasteiger partial charge in [0.25, 0.3) is 0 Å². The van der Waals surface area contributed by atoms with Gasteiger partial charge >= 0.3 is 0 Å². The van der Waals surface area contributed by atoms with Gasteiger partial charge in [0.2, 0.25) is 0 Å². The van der Waals surface area contributed by atoms with E-state index in [9.17, 15) is 0 Å². The van der Waals surface area contributed by atoms with E-state index in [4.69, 9.17) is 16.3 Å². The maximum atomic E-state index is 6.18. The second kappa shape index (κ2) is 5.60. The van der Waals surface area contributed by atoms with Crippen LogP contribution in [0.2, 0.25) is 0 Å². The first kappa shape index (κ1) is 13.9. The summed E-state index contributed by atoms with van der Waals surface area (Å²) in [7, 11) is 0. The van der Waals surface area contributed by atoms with Gasteiger partial charge in [-0.3, -0.25) is 0 Å². The highest BCUT2D eigenvalue weighted by Crippen LogP contribution is 2.27. The zero-order chi connectivity index (χ0) is 13.2. The first-order valence-corrected chi connectivity index (χ1v) is 7.03. The average molecular weight is 268 g/mol. The lowest BCUT2D eigenvalue weighted by atomic mass is 9.96. The third kappa shape index (κ3) is 3.05. The van der Waals surface area contributed by atoms with Crippen LogP contribution in [0.1, 0.15) is 38.0 Å². The molecule has 0 aliphatic carbocycles. The molecule has 1 heterocycles. The molecule has 2 atom stereocenters. The molecule has 1 aliphatic rings. The fourth-order valence-electron chi connectivity index (χ4n) is 2.14. The molecule has 1 N–H and O–H groups in total. The van der Waals surface area contributed by atoms with Crippen molar-refractivity contribution in [3.05, 3.63) is 35.4 Å². The molecule has 1 aliphatic heterocycles. The Kier molecular flexibility index (Phi) is 4.31. The van der Waals surface area contributed by atoms with Crippen LogP contribution >= 0.6 is 11.6 Å². The third-order valence-electron chi connectivity index (χ3n) is 3.83. The molecule has 100 valence electrons. The number of alkyl halides is 1. The van der Waals surface area contributed by atoms with E-state index < -0.39 is 0 Å². The van der Waals surface area contributed by atoms with Crippen molar-refractivity contribution in [1.82, 2.24) is 5.32 Å². The molecule has 0 spiro atoms. The van der Waals surface area contributed by atoms with Crippen LogP contribution < -0.4 is 5.32 Å². The fraction of sp³-hybridized carbons (Fsp3) is 0.600. The van der Waals surface area contributed by atoms with Crippen LogP contribution in [-0.4, -0.2) is 24.1 Å². The number of fused-ring (bicyclic) bond motifs is 1. The predicted molar refractivity (Wildman–Crippen MR) is 76.2 cm³/mol. The van der Waals surface area contributed by atoms with Crippen LogP contribution in [0.4, 0.5) is 0 Å². The molecule has 0 radical (unpaired) electrons. The van der Waals surface area contributed by atoms with Crippen molar-refractivity contribution in [3.8, 4) is 0 Å². The molecule has 18 heavy (non-hydrogen) atoms. The molecule has 1 aromatic rings. The van der Waals surface area contributed by atoms with E-state index in [0.29, 0.717) is 0 Å². The van der Waals surface area contributed by atoms with E-state index in [1.54, 1.807) is 0 Å². The number of ether oxygens (including phenoxy) is 1. The lowest BCUT2D eigenvalue weighted by Crippen LogP contribution is -2.48. The summed E-state index contributed by atoms with van der Waals surface area (Å²) in [4.78, 5) is 0. The minimum atomic E-state index is -0.0860.